The van der Waals surface area contributed by atoms with Gasteiger partial charge < -0.3 is 14.8 Å². The number of amides is 2. The first-order chi connectivity index (χ1) is 11.5. The first-order valence-corrected chi connectivity index (χ1v) is 9.24. The van der Waals surface area contributed by atoms with Crippen molar-refractivity contribution in [3.63, 3.8) is 0 Å². The van der Waals surface area contributed by atoms with Crippen LogP contribution in [0.4, 0.5) is 0 Å². The van der Waals surface area contributed by atoms with E-state index in [0.29, 0.717) is 6.54 Å². The Morgan fingerprint density at radius 3 is 2.75 bits per heavy atom. The van der Waals surface area contributed by atoms with E-state index < -0.39 is 0 Å². The van der Waals surface area contributed by atoms with Gasteiger partial charge in [0.1, 0.15) is 0 Å². The van der Waals surface area contributed by atoms with Crippen LogP contribution >= 0.6 is 0 Å². The molecule has 3 rings (SSSR count). The summed E-state index contributed by atoms with van der Waals surface area (Å²) in [5.74, 6) is 0.585. The van der Waals surface area contributed by atoms with E-state index in [-0.39, 0.29) is 29.7 Å². The summed E-state index contributed by atoms with van der Waals surface area (Å²) < 4.78 is 2.12. The monoisotopic (exact) mass is 331 g/mol. The van der Waals surface area contributed by atoms with Crippen molar-refractivity contribution in [1.29, 1.82) is 0 Å². The van der Waals surface area contributed by atoms with Gasteiger partial charge in [0.05, 0.1) is 5.92 Å². The van der Waals surface area contributed by atoms with Crippen LogP contribution in [0.3, 0.4) is 0 Å². The second-order valence-electron chi connectivity index (χ2n) is 7.46. The fourth-order valence-electron chi connectivity index (χ4n) is 3.53. The lowest BCUT2D eigenvalue weighted by Crippen LogP contribution is -2.47. The second-order valence-corrected chi connectivity index (χ2v) is 7.46. The number of rotatable bonds is 6. The Hall–Kier alpha value is -1.78. The zero-order valence-electron chi connectivity index (χ0n) is 14.8. The van der Waals surface area contributed by atoms with Gasteiger partial charge in [-0.05, 0) is 57.6 Å². The predicted octanol–water partition coefficient (Wildman–Crippen LogP) is 2.11. The van der Waals surface area contributed by atoms with E-state index in [1.165, 1.54) is 5.69 Å². The van der Waals surface area contributed by atoms with Crippen LogP contribution in [-0.4, -0.2) is 40.4 Å². The van der Waals surface area contributed by atoms with E-state index >= 15 is 0 Å². The quantitative estimate of drug-likeness (QED) is 0.868. The molecule has 0 unspecified atom stereocenters. The van der Waals surface area contributed by atoms with Crippen LogP contribution in [0.5, 0.6) is 0 Å². The highest BCUT2D eigenvalue weighted by Gasteiger charge is 2.36. The zero-order chi connectivity index (χ0) is 17.1. The molecule has 1 N–H and O–H groups in total. The molecule has 2 amide bonds. The van der Waals surface area contributed by atoms with Crippen LogP contribution in [0.2, 0.25) is 0 Å². The number of piperidine rings is 1. The van der Waals surface area contributed by atoms with Crippen molar-refractivity contribution in [2.75, 3.05) is 13.1 Å². The standard InChI is InChI=1S/C19H29N3O2/c1-14(7-10-17-6-4-11-21(17)2)20-18(23)16-5-3-12-22(13-16)19(24)15-8-9-15/h4,6,11,14-16H,3,5,7-10,12-13H2,1-2H3,(H,20,23)/t14-,16+/m1/s1. The number of aryl methyl sites for hydroxylation is 2. The molecule has 1 aromatic rings. The van der Waals surface area contributed by atoms with E-state index in [2.05, 4.69) is 22.9 Å². The molecule has 1 aromatic heterocycles. The fraction of sp³-hybridized carbons (Fsp3) is 0.684. The van der Waals surface area contributed by atoms with Gasteiger partial charge in [-0.2, -0.15) is 0 Å². The van der Waals surface area contributed by atoms with Crippen LogP contribution in [0.1, 0.15) is 44.7 Å². The minimum absolute atomic E-state index is 0.0427. The number of nitrogens with zero attached hydrogens (tertiary/aromatic N) is 2. The summed E-state index contributed by atoms with van der Waals surface area (Å²) in [5, 5.41) is 3.15. The lowest BCUT2D eigenvalue weighted by atomic mass is 9.96. The number of carbonyl (C=O) groups excluding carboxylic acids is 2. The fourth-order valence-corrected chi connectivity index (χ4v) is 3.53. The summed E-state index contributed by atoms with van der Waals surface area (Å²) in [7, 11) is 2.05. The van der Waals surface area contributed by atoms with Gasteiger partial charge in [0.2, 0.25) is 11.8 Å². The molecule has 1 aliphatic heterocycles. The van der Waals surface area contributed by atoms with Crippen LogP contribution in [0, 0.1) is 11.8 Å². The highest BCUT2D eigenvalue weighted by molar-refractivity contribution is 5.83. The van der Waals surface area contributed by atoms with Gasteiger partial charge in [0.15, 0.2) is 0 Å². The molecule has 1 aliphatic carbocycles. The molecule has 2 fully saturated rings. The molecule has 2 aliphatic rings. The molecule has 0 aromatic carbocycles. The maximum Gasteiger partial charge on any atom is 0.225 e. The summed E-state index contributed by atoms with van der Waals surface area (Å²) in [6, 6.07) is 4.32. The topological polar surface area (TPSA) is 54.3 Å². The van der Waals surface area contributed by atoms with Gasteiger partial charge >= 0.3 is 0 Å². The second kappa shape index (κ2) is 7.41. The molecule has 5 heteroatoms. The first-order valence-electron chi connectivity index (χ1n) is 9.24. The number of nitrogens with one attached hydrogen (secondary N) is 1. The largest absolute Gasteiger partial charge is 0.354 e. The lowest BCUT2D eigenvalue weighted by Gasteiger charge is -2.32. The smallest absolute Gasteiger partial charge is 0.225 e. The Bertz CT molecular complexity index is 591. The molecular weight excluding hydrogens is 302 g/mol. The highest BCUT2D eigenvalue weighted by atomic mass is 16.2. The lowest BCUT2D eigenvalue weighted by molar-refractivity contribution is -0.137. The normalized spacial score (nSPS) is 22.2. The average molecular weight is 331 g/mol. The highest BCUT2D eigenvalue weighted by Crippen LogP contribution is 2.32. The molecule has 24 heavy (non-hydrogen) atoms. The van der Waals surface area contributed by atoms with Crippen molar-refractivity contribution in [3.05, 3.63) is 24.0 Å². The van der Waals surface area contributed by atoms with E-state index in [1.54, 1.807) is 0 Å². The Balaban J connectivity index is 1.45. The van der Waals surface area contributed by atoms with Gasteiger partial charge in [-0.25, -0.2) is 0 Å². The maximum absolute atomic E-state index is 12.5. The third-order valence-electron chi connectivity index (χ3n) is 5.30. The summed E-state index contributed by atoms with van der Waals surface area (Å²) in [6.45, 7) is 3.49. The molecule has 5 nitrogen and oxygen atoms in total. The third kappa shape index (κ3) is 4.19. The number of carbonyl (C=O) groups is 2. The number of hydrogen-bond donors (Lipinski definition) is 1. The van der Waals surface area contributed by atoms with Crippen molar-refractivity contribution >= 4 is 11.8 Å². The Kier molecular flexibility index (Phi) is 5.27. The molecule has 1 saturated carbocycles. The number of aromatic nitrogens is 1. The third-order valence-corrected chi connectivity index (χ3v) is 5.30. The summed E-state index contributed by atoms with van der Waals surface area (Å²) in [5.41, 5.74) is 1.29. The van der Waals surface area contributed by atoms with Gasteiger partial charge in [-0.3, -0.25) is 9.59 Å². The van der Waals surface area contributed by atoms with Crippen LogP contribution in [0.25, 0.3) is 0 Å². The molecule has 1 saturated heterocycles. The van der Waals surface area contributed by atoms with E-state index in [0.717, 1.165) is 45.1 Å². The van der Waals surface area contributed by atoms with Crippen molar-refractivity contribution in [2.24, 2.45) is 18.9 Å². The first kappa shape index (κ1) is 17.1. The van der Waals surface area contributed by atoms with Crippen molar-refractivity contribution in [1.82, 2.24) is 14.8 Å². The van der Waals surface area contributed by atoms with Crippen molar-refractivity contribution < 1.29 is 9.59 Å². The van der Waals surface area contributed by atoms with Crippen molar-refractivity contribution in [2.45, 2.75) is 51.5 Å². The zero-order valence-corrected chi connectivity index (χ0v) is 14.8. The van der Waals surface area contributed by atoms with Crippen LogP contribution < -0.4 is 5.32 Å². The Labute approximate surface area is 144 Å². The maximum atomic E-state index is 12.5. The molecule has 132 valence electrons. The molecule has 2 heterocycles. The van der Waals surface area contributed by atoms with Gasteiger partial charge in [0, 0.05) is 44.0 Å². The van der Waals surface area contributed by atoms with Gasteiger partial charge in [-0.1, -0.05) is 0 Å². The van der Waals surface area contributed by atoms with Crippen LogP contribution in [-0.2, 0) is 23.1 Å². The van der Waals surface area contributed by atoms with E-state index in [4.69, 9.17) is 0 Å². The Morgan fingerprint density at radius 2 is 2.08 bits per heavy atom. The summed E-state index contributed by atoms with van der Waals surface area (Å²) >= 11 is 0. The predicted molar refractivity (Wildman–Crippen MR) is 93.4 cm³/mol. The summed E-state index contributed by atoms with van der Waals surface area (Å²) in [4.78, 5) is 26.7. The molecule has 0 bridgehead atoms. The molecule has 2 atom stereocenters. The molecule has 0 radical (unpaired) electrons. The van der Waals surface area contributed by atoms with Gasteiger partial charge in [-0.15, -0.1) is 0 Å². The van der Waals surface area contributed by atoms with Gasteiger partial charge in [0.25, 0.3) is 0 Å². The van der Waals surface area contributed by atoms with E-state index in [1.807, 2.05) is 24.2 Å². The molecule has 0 spiro atoms. The summed E-state index contributed by atoms with van der Waals surface area (Å²) in [6.07, 6.45) is 7.83. The minimum atomic E-state index is -0.0427. The Morgan fingerprint density at radius 1 is 1.29 bits per heavy atom. The minimum Gasteiger partial charge on any atom is -0.354 e. The van der Waals surface area contributed by atoms with Crippen molar-refractivity contribution in [3.8, 4) is 0 Å². The van der Waals surface area contributed by atoms with E-state index in [9.17, 15) is 9.59 Å². The average Bonchev–Trinajstić information content (AvgIpc) is 3.35. The number of likely N-dealkylation sites (tertiary alicyclic amines) is 1. The number of hydrogen-bond acceptors (Lipinski definition) is 2. The van der Waals surface area contributed by atoms with Crippen LogP contribution in [0.15, 0.2) is 18.3 Å². The SMILES string of the molecule is C[C@H](CCc1cccn1C)NC(=O)[C@H]1CCCN(C(=O)C2CC2)C1. The molecular formula is C19H29N3O2.